The maximum atomic E-state index is 11.0. The molecule has 1 aromatic rings. The van der Waals surface area contributed by atoms with Gasteiger partial charge in [-0.15, -0.1) is 0 Å². The average Bonchev–Trinajstić information content (AvgIpc) is 2.45. The van der Waals surface area contributed by atoms with Crippen molar-refractivity contribution in [3.05, 3.63) is 29.8 Å². The minimum absolute atomic E-state index is 0.373. The summed E-state index contributed by atoms with van der Waals surface area (Å²) in [5.41, 5.74) is 0.373. The summed E-state index contributed by atoms with van der Waals surface area (Å²) in [6.07, 6.45) is 3.84. The molecular formula is C16H20O5-2. The zero-order chi connectivity index (χ0) is 15.7. The summed E-state index contributed by atoms with van der Waals surface area (Å²) in [4.78, 5) is 21.5. The molecule has 1 aromatic carbocycles. The highest BCUT2D eigenvalue weighted by Crippen LogP contribution is 2.22. The Morgan fingerprint density at radius 3 is 2.29 bits per heavy atom. The van der Waals surface area contributed by atoms with Gasteiger partial charge in [0, 0.05) is 17.9 Å². The van der Waals surface area contributed by atoms with E-state index < -0.39 is 24.3 Å². The number of rotatable bonds is 10. The van der Waals surface area contributed by atoms with E-state index in [-0.39, 0.29) is 0 Å². The van der Waals surface area contributed by atoms with Crippen LogP contribution in [0.4, 0.5) is 0 Å². The van der Waals surface area contributed by atoms with Crippen LogP contribution in [0.3, 0.4) is 0 Å². The molecule has 0 bridgehead atoms. The van der Waals surface area contributed by atoms with Crippen molar-refractivity contribution >= 4 is 11.9 Å². The first-order chi connectivity index (χ1) is 10.0. The molecule has 0 saturated heterocycles. The maximum absolute atomic E-state index is 11.0. The van der Waals surface area contributed by atoms with E-state index in [1.165, 1.54) is 6.42 Å². The van der Waals surface area contributed by atoms with Gasteiger partial charge in [0.2, 0.25) is 0 Å². The van der Waals surface area contributed by atoms with E-state index in [2.05, 4.69) is 6.92 Å². The number of benzene rings is 1. The van der Waals surface area contributed by atoms with Crippen molar-refractivity contribution in [1.82, 2.24) is 0 Å². The zero-order valence-electron chi connectivity index (χ0n) is 12.2. The molecule has 0 aliphatic carbocycles. The topological polar surface area (TPSA) is 89.5 Å². The fraction of sp³-hybridized carbons (Fsp3) is 0.500. The molecule has 5 heteroatoms. The van der Waals surface area contributed by atoms with Crippen LogP contribution in [0.1, 0.15) is 50.5 Å². The molecule has 116 valence electrons. The molecule has 0 aromatic heterocycles. The third-order valence-electron chi connectivity index (χ3n) is 3.20. The van der Waals surface area contributed by atoms with Gasteiger partial charge in [-0.1, -0.05) is 38.3 Å². The van der Waals surface area contributed by atoms with E-state index in [4.69, 9.17) is 4.74 Å². The number of aliphatic carboxylic acids is 2. The van der Waals surface area contributed by atoms with Gasteiger partial charge in [0.05, 0.1) is 6.61 Å². The van der Waals surface area contributed by atoms with E-state index in [9.17, 15) is 19.8 Å². The van der Waals surface area contributed by atoms with Gasteiger partial charge in [0.25, 0.3) is 0 Å². The summed E-state index contributed by atoms with van der Waals surface area (Å²) in [5.74, 6) is -3.40. The molecule has 1 rings (SSSR count). The Kier molecular flexibility index (Phi) is 7.29. The molecule has 0 unspecified atom stereocenters. The lowest BCUT2D eigenvalue weighted by Crippen LogP contribution is -2.34. The van der Waals surface area contributed by atoms with Crippen molar-refractivity contribution in [3.63, 3.8) is 0 Å². The van der Waals surface area contributed by atoms with Gasteiger partial charge in [0.1, 0.15) is 5.75 Å². The fourth-order valence-corrected chi connectivity index (χ4v) is 2.02. The molecule has 0 aliphatic heterocycles. The standard InChI is InChI=1S/C16H22O5/c1-2-3-4-5-10-21-13-8-6-12(7-9-13)14(16(19)20)11-15(17)18/h6-9,14H,2-5,10-11H2,1H3,(H,17,18)(H,19,20)/p-2/t14-/m1/s1. The lowest BCUT2D eigenvalue weighted by Gasteiger charge is -2.19. The number of hydrogen-bond acceptors (Lipinski definition) is 5. The van der Waals surface area contributed by atoms with Gasteiger partial charge in [-0.25, -0.2) is 0 Å². The third kappa shape index (κ3) is 6.29. The lowest BCUT2D eigenvalue weighted by molar-refractivity contribution is -0.317. The Bertz CT molecular complexity index is 452. The summed E-state index contributed by atoms with van der Waals surface area (Å²) in [6, 6.07) is 6.37. The number of carbonyl (C=O) groups is 2. The SMILES string of the molecule is CCCCCCOc1ccc([C@@H](CC(=O)[O-])C(=O)[O-])cc1. The second kappa shape index (κ2) is 9.00. The molecule has 0 aliphatic rings. The van der Waals surface area contributed by atoms with E-state index in [1.54, 1.807) is 24.3 Å². The van der Waals surface area contributed by atoms with Crippen LogP contribution in [-0.4, -0.2) is 18.5 Å². The van der Waals surface area contributed by atoms with Crippen LogP contribution < -0.4 is 14.9 Å². The number of ether oxygens (including phenoxy) is 1. The van der Waals surface area contributed by atoms with E-state index in [1.807, 2.05) is 0 Å². The Hall–Kier alpha value is -2.04. The highest BCUT2D eigenvalue weighted by atomic mass is 16.5. The number of carbonyl (C=O) groups excluding carboxylic acids is 2. The van der Waals surface area contributed by atoms with Gasteiger partial charge >= 0.3 is 0 Å². The largest absolute Gasteiger partial charge is 0.550 e. The second-order valence-corrected chi connectivity index (χ2v) is 4.93. The molecule has 5 nitrogen and oxygen atoms in total. The predicted octanol–water partition coefficient (Wildman–Crippen LogP) is 0.619. The molecule has 0 saturated carbocycles. The molecule has 21 heavy (non-hydrogen) atoms. The summed E-state index contributed by atoms with van der Waals surface area (Å²) in [7, 11) is 0. The quantitative estimate of drug-likeness (QED) is 0.590. The van der Waals surface area contributed by atoms with Crippen LogP contribution in [0.2, 0.25) is 0 Å². The van der Waals surface area contributed by atoms with Crippen LogP contribution in [-0.2, 0) is 9.59 Å². The van der Waals surface area contributed by atoms with E-state index in [0.29, 0.717) is 17.9 Å². The predicted molar refractivity (Wildman–Crippen MR) is 73.5 cm³/mol. The summed E-state index contributed by atoms with van der Waals surface area (Å²) < 4.78 is 5.54. The van der Waals surface area contributed by atoms with Crippen LogP contribution >= 0.6 is 0 Å². The molecule has 0 spiro atoms. The highest BCUT2D eigenvalue weighted by molar-refractivity contribution is 5.80. The Balaban J connectivity index is 2.55. The molecule has 0 amide bonds. The van der Waals surface area contributed by atoms with Crippen molar-refractivity contribution in [3.8, 4) is 5.75 Å². The van der Waals surface area contributed by atoms with Crippen LogP contribution in [0.25, 0.3) is 0 Å². The first kappa shape index (κ1) is 17.0. The minimum Gasteiger partial charge on any atom is -0.550 e. The normalized spacial score (nSPS) is 11.9. The van der Waals surface area contributed by atoms with E-state index in [0.717, 1.165) is 19.3 Å². The van der Waals surface area contributed by atoms with Crippen molar-refractivity contribution in [2.24, 2.45) is 0 Å². The Morgan fingerprint density at radius 1 is 1.10 bits per heavy atom. The lowest BCUT2D eigenvalue weighted by atomic mass is 9.96. The van der Waals surface area contributed by atoms with Gasteiger partial charge in [-0.05, 0) is 30.5 Å². The first-order valence-corrected chi connectivity index (χ1v) is 7.18. The third-order valence-corrected chi connectivity index (χ3v) is 3.20. The fourth-order valence-electron chi connectivity index (χ4n) is 2.02. The number of unbranched alkanes of at least 4 members (excludes halogenated alkanes) is 3. The van der Waals surface area contributed by atoms with E-state index >= 15 is 0 Å². The van der Waals surface area contributed by atoms with Crippen molar-refractivity contribution in [2.75, 3.05) is 6.61 Å². The first-order valence-electron chi connectivity index (χ1n) is 7.18. The van der Waals surface area contributed by atoms with Gasteiger partial charge < -0.3 is 24.5 Å². The minimum atomic E-state index is -1.42. The number of carboxylic acids is 2. The zero-order valence-corrected chi connectivity index (χ0v) is 12.2. The summed E-state index contributed by atoms with van der Waals surface area (Å²) >= 11 is 0. The molecule has 0 radical (unpaired) electrons. The van der Waals surface area contributed by atoms with Crippen LogP contribution in [0, 0.1) is 0 Å². The summed E-state index contributed by atoms with van der Waals surface area (Å²) in [6.45, 7) is 2.75. The Labute approximate surface area is 124 Å². The van der Waals surface area contributed by atoms with Crippen LogP contribution in [0.5, 0.6) is 5.75 Å². The van der Waals surface area contributed by atoms with Crippen molar-refractivity contribution < 1.29 is 24.5 Å². The monoisotopic (exact) mass is 292 g/mol. The maximum Gasteiger partial charge on any atom is 0.119 e. The van der Waals surface area contributed by atoms with Crippen LogP contribution in [0.15, 0.2) is 24.3 Å². The van der Waals surface area contributed by atoms with Gasteiger partial charge in [-0.2, -0.15) is 0 Å². The molecule has 0 heterocycles. The van der Waals surface area contributed by atoms with Crippen molar-refractivity contribution in [2.45, 2.75) is 44.9 Å². The number of carboxylic acid groups (broad SMARTS) is 2. The highest BCUT2D eigenvalue weighted by Gasteiger charge is 2.13. The number of hydrogen-bond donors (Lipinski definition) is 0. The Morgan fingerprint density at radius 2 is 1.76 bits per heavy atom. The molecule has 0 N–H and O–H groups in total. The van der Waals surface area contributed by atoms with Gasteiger partial charge in [0.15, 0.2) is 0 Å². The van der Waals surface area contributed by atoms with Gasteiger partial charge in [-0.3, -0.25) is 0 Å². The smallest absolute Gasteiger partial charge is 0.119 e. The average molecular weight is 292 g/mol. The molecular weight excluding hydrogens is 272 g/mol. The molecule has 0 fully saturated rings. The summed E-state index contributed by atoms with van der Waals surface area (Å²) in [5, 5.41) is 21.5. The molecule has 1 atom stereocenters. The second-order valence-electron chi connectivity index (χ2n) is 4.93. The van der Waals surface area contributed by atoms with Crippen molar-refractivity contribution in [1.29, 1.82) is 0 Å².